The Morgan fingerprint density at radius 3 is 2.76 bits per heavy atom. The Hall–Kier alpha value is -0.0800. The predicted octanol–water partition coefficient (Wildman–Crippen LogP) is 3.17. The molecule has 0 saturated carbocycles. The summed E-state index contributed by atoms with van der Waals surface area (Å²) in [5, 5.41) is 3.72. The highest BCUT2D eigenvalue weighted by Gasteiger charge is 2.30. The molecule has 100 valence electrons. The fourth-order valence-electron chi connectivity index (χ4n) is 3.53. The molecule has 2 heteroatoms. The molecule has 2 aliphatic rings. The van der Waals surface area contributed by atoms with Crippen molar-refractivity contribution in [2.75, 3.05) is 19.6 Å². The molecule has 0 aromatic carbocycles. The zero-order valence-corrected chi connectivity index (χ0v) is 11.6. The van der Waals surface area contributed by atoms with E-state index in [0.717, 1.165) is 12.1 Å². The number of hydrogen-bond donors (Lipinski definition) is 1. The van der Waals surface area contributed by atoms with Crippen LogP contribution in [0, 0.1) is 0 Å². The standard InChI is InChI=1S/C15H30N2/c1-2-3-4-6-12-17-13-7-5-10-15(17)14-9-8-11-16-14/h14-16H,2-13H2,1H3. The molecule has 2 saturated heterocycles. The average molecular weight is 238 g/mol. The van der Waals surface area contributed by atoms with Crippen molar-refractivity contribution >= 4 is 0 Å². The Kier molecular flexibility index (Phi) is 5.79. The van der Waals surface area contributed by atoms with Crippen molar-refractivity contribution in [2.24, 2.45) is 0 Å². The molecule has 2 heterocycles. The maximum Gasteiger partial charge on any atom is 0.0249 e. The van der Waals surface area contributed by atoms with Gasteiger partial charge in [0.15, 0.2) is 0 Å². The topological polar surface area (TPSA) is 15.3 Å². The average Bonchev–Trinajstić information content (AvgIpc) is 2.89. The monoisotopic (exact) mass is 238 g/mol. The lowest BCUT2D eigenvalue weighted by Gasteiger charge is -2.39. The second kappa shape index (κ2) is 7.38. The van der Waals surface area contributed by atoms with Crippen LogP contribution in [-0.2, 0) is 0 Å². The molecule has 0 bridgehead atoms. The van der Waals surface area contributed by atoms with Crippen molar-refractivity contribution in [3.8, 4) is 0 Å². The van der Waals surface area contributed by atoms with Crippen LogP contribution in [0.15, 0.2) is 0 Å². The molecular formula is C15H30N2. The highest BCUT2D eigenvalue weighted by atomic mass is 15.2. The van der Waals surface area contributed by atoms with Crippen molar-refractivity contribution in [3.05, 3.63) is 0 Å². The third-order valence-electron chi connectivity index (χ3n) is 4.53. The zero-order valence-electron chi connectivity index (χ0n) is 11.6. The van der Waals surface area contributed by atoms with Gasteiger partial charge >= 0.3 is 0 Å². The van der Waals surface area contributed by atoms with E-state index in [2.05, 4.69) is 17.1 Å². The molecule has 2 fully saturated rings. The molecule has 2 atom stereocenters. The van der Waals surface area contributed by atoms with E-state index in [0.29, 0.717) is 0 Å². The third-order valence-corrected chi connectivity index (χ3v) is 4.53. The summed E-state index contributed by atoms with van der Waals surface area (Å²) in [4.78, 5) is 2.79. The molecule has 0 radical (unpaired) electrons. The van der Waals surface area contributed by atoms with E-state index in [1.807, 2.05) is 0 Å². The van der Waals surface area contributed by atoms with Crippen LogP contribution in [0.3, 0.4) is 0 Å². The molecule has 0 spiro atoms. The lowest BCUT2D eigenvalue weighted by molar-refractivity contribution is 0.117. The summed E-state index contributed by atoms with van der Waals surface area (Å²) >= 11 is 0. The minimum Gasteiger partial charge on any atom is -0.312 e. The summed E-state index contributed by atoms with van der Waals surface area (Å²) in [5.41, 5.74) is 0. The molecule has 0 aromatic rings. The molecule has 0 aliphatic carbocycles. The smallest absolute Gasteiger partial charge is 0.0249 e. The van der Waals surface area contributed by atoms with Crippen LogP contribution in [0.2, 0.25) is 0 Å². The van der Waals surface area contributed by atoms with Crippen LogP contribution in [0.25, 0.3) is 0 Å². The Morgan fingerprint density at radius 2 is 2.00 bits per heavy atom. The van der Waals surface area contributed by atoms with Gasteiger partial charge in [0.05, 0.1) is 0 Å². The van der Waals surface area contributed by atoms with Crippen LogP contribution in [-0.4, -0.2) is 36.6 Å². The van der Waals surface area contributed by atoms with Gasteiger partial charge in [-0.3, -0.25) is 4.90 Å². The number of nitrogens with one attached hydrogen (secondary N) is 1. The Bertz CT molecular complexity index is 199. The van der Waals surface area contributed by atoms with Gasteiger partial charge in [-0.2, -0.15) is 0 Å². The first-order valence-corrected chi connectivity index (χ1v) is 7.89. The van der Waals surface area contributed by atoms with Gasteiger partial charge in [0.2, 0.25) is 0 Å². The number of likely N-dealkylation sites (tertiary alicyclic amines) is 1. The normalized spacial score (nSPS) is 30.9. The number of nitrogens with zero attached hydrogens (tertiary/aromatic N) is 1. The Labute approximate surface area is 107 Å². The Morgan fingerprint density at radius 1 is 1.06 bits per heavy atom. The van der Waals surface area contributed by atoms with Crippen LogP contribution in [0.4, 0.5) is 0 Å². The lowest BCUT2D eigenvalue weighted by atomic mass is 9.94. The maximum absolute atomic E-state index is 3.72. The quantitative estimate of drug-likeness (QED) is 0.715. The van der Waals surface area contributed by atoms with E-state index < -0.39 is 0 Å². The number of piperidine rings is 1. The minimum absolute atomic E-state index is 0.807. The van der Waals surface area contributed by atoms with Gasteiger partial charge < -0.3 is 5.32 Å². The maximum atomic E-state index is 3.72. The van der Waals surface area contributed by atoms with Gasteiger partial charge in [-0.05, 0) is 51.7 Å². The summed E-state index contributed by atoms with van der Waals surface area (Å²) in [6.45, 7) is 6.26. The number of unbranched alkanes of at least 4 members (excludes halogenated alkanes) is 3. The van der Waals surface area contributed by atoms with E-state index >= 15 is 0 Å². The second-order valence-electron chi connectivity index (χ2n) is 5.86. The molecule has 2 unspecified atom stereocenters. The first-order valence-electron chi connectivity index (χ1n) is 7.89. The molecular weight excluding hydrogens is 208 g/mol. The molecule has 2 nitrogen and oxygen atoms in total. The van der Waals surface area contributed by atoms with Gasteiger partial charge in [-0.25, -0.2) is 0 Å². The summed E-state index contributed by atoms with van der Waals surface area (Å²) in [6.07, 6.45) is 12.7. The number of rotatable bonds is 6. The Balaban J connectivity index is 1.75. The van der Waals surface area contributed by atoms with E-state index in [9.17, 15) is 0 Å². The van der Waals surface area contributed by atoms with Crippen LogP contribution in [0.5, 0.6) is 0 Å². The molecule has 2 rings (SSSR count). The van der Waals surface area contributed by atoms with Crippen LogP contribution in [0.1, 0.15) is 64.7 Å². The van der Waals surface area contributed by atoms with Crippen molar-refractivity contribution in [2.45, 2.75) is 76.8 Å². The van der Waals surface area contributed by atoms with Crippen LogP contribution >= 0.6 is 0 Å². The molecule has 2 aliphatic heterocycles. The SMILES string of the molecule is CCCCCCN1CCCCC1C1CCCN1. The van der Waals surface area contributed by atoms with Crippen molar-refractivity contribution in [3.63, 3.8) is 0 Å². The van der Waals surface area contributed by atoms with E-state index in [-0.39, 0.29) is 0 Å². The fourth-order valence-corrected chi connectivity index (χ4v) is 3.53. The lowest BCUT2D eigenvalue weighted by Crippen LogP contribution is -2.50. The summed E-state index contributed by atoms with van der Waals surface area (Å²) in [5.74, 6) is 0. The highest BCUT2D eigenvalue weighted by Crippen LogP contribution is 2.24. The van der Waals surface area contributed by atoms with E-state index in [4.69, 9.17) is 0 Å². The molecule has 17 heavy (non-hydrogen) atoms. The number of hydrogen-bond acceptors (Lipinski definition) is 2. The second-order valence-corrected chi connectivity index (χ2v) is 5.86. The zero-order chi connectivity index (χ0) is 11.9. The molecule has 0 aromatic heterocycles. The predicted molar refractivity (Wildman–Crippen MR) is 74.4 cm³/mol. The largest absolute Gasteiger partial charge is 0.312 e. The summed E-state index contributed by atoms with van der Waals surface area (Å²) in [7, 11) is 0. The first-order chi connectivity index (χ1) is 8.42. The van der Waals surface area contributed by atoms with Gasteiger partial charge in [-0.1, -0.05) is 32.6 Å². The van der Waals surface area contributed by atoms with Crippen molar-refractivity contribution in [1.82, 2.24) is 10.2 Å². The first kappa shape index (κ1) is 13.4. The minimum atomic E-state index is 0.807. The van der Waals surface area contributed by atoms with E-state index in [1.165, 1.54) is 77.4 Å². The van der Waals surface area contributed by atoms with Crippen molar-refractivity contribution < 1.29 is 0 Å². The third kappa shape index (κ3) is 3.96. The van der Waals surface area contributed by atoms with Gasteiger partial charge in [0.1, 0.15) is 0 Å². The fraction of sp³-hybridized carbons (Fsp3) is 1.00. The van der Waals surface area contributed by atoms with Gasteiger partial charge in [0.25, 0.3) is 0 Å². The summed E-state index contributed by atoms with van der Waals surface area (Å²) < 4.78 is 0. The van der Waals surface area contributed by atoms with Gasteiger partial charge in [0, 0.05) is 12.1 Å². The van der Waals surface area contributed by atoms with E-state index in [1.54, 1.807) is 0 Å². The molecule has 0 amide bonds. The summed E-state index contributed by atoms with van der Waals surface area (Å²) in [6, 6.07) is 1.66. The van der Waals surface area contributed by atoms with Crippen LogP contribution < -0.4 is 5.32 Å². The van der Waals surface area contributed by atoms with Crippen molar-refractivity contribution in [1.29, 1.82) is 0 Å². The molecule has 1 N–H and O–H groups in total. The highest BCUT2D eigenvalue weighted by molar-refractivity contribution is 4.90. The van der Waals surface area contributed by atoms with Gasteiger partial charge in [-0.15, -0.1) is 0 Å².